The second-order valence-corrected chi connectivity index (χ2v) is 9.56. The molecule has 4 rings (SSSR count). The first kappa shape index (κ1) is 21.0. The minimum Gasteiger partial charge on any atom is -0.493 e. The molecule has 7 nitrogen and oxygen atoms in total. The van der Waals surface area contributed by atoms with Gasteiger partial charge in [0.25, 0.3) is 5.91 Å². The number of ether oxygens (including phenoxy) is 2. The Morgan fingerprint density at radius 2 is 2.07 bits per heavy atom. The molecule has 0 bridgehead atoms. The number of amides is 1. The van der Waals surface area contributed by atoms with Crippen LogP contribution in [-0.4, -0.2) is 45.2 Å². The van der Waals surface area contributed by atoms with E-state index in [0.717, 1.165) is 36.3 Å². The van der Waals surface area contributed by atoms with Gasteiger partial charge in [-0.15, -0.1) is 0 Å². The maximum atomic E-state index is 12.7. The van der Waals surface area contributed by atoms with E-state index in [0.29, 0.717) is 23.4 Å². The average Bonchev–Trinajstić information content (AvgIpc) is 2.96. The zero-order chi connectivity index (χ0) is 21.3. The van der Waals surface area contributed by atoms with Gasteiger partial charge in [0, 0.05) is 6.42 Å². The summed E-state index contributed by atoms with van der Waals surface area (Å²) in [7, 11) is -1.63. The molecule has 8 heteroatoms. The minimum absolute atomic E-state index is 0.0952. The SMILES string of the molecule is COc1cccc2c1OC(NCCCC(C)N1C(=O)c3ccccc3S1(O)O)CC2. The van der Waals surface area contributed by atoms with Gasteiger partial charge in [0.15, 0.2) is 17.7 Å². The molecule has 0 saturated carbocycles. The third-order valence-electron chi connectivity index (χ3n) is 5.67. The van der Waals surface area contributed by atoms with Crippen LogP contribution in [0, 0.1) is 0 Å². The zero-order valence-corrected chi connectivity index (χ0v) is 18.0. The number of fused-ring (bicyclic) bond motifs is 2. The van der Waals surface area contributed by atoms with Gasteiger partial charge in [-0.3, -0.25) is 19.2 Å². The monoisotopic (exact) mass is 432 g/mol. The van der Waals surface area contributed by atoms with Crippen LogP contribution in [-0.2, 0) is 6.42 Å². The van der Waals surface area contributed by atoms with E-state index in [9.17, 15) is 13.9 Å². The molecule has 0 saturated heterocycles. The molecule has 1 amide bonds. The van der Waals surface area contributed by atoms with Crippen LogP contribution >= 0.6 is 10.8 Å². The van der Waals surface area contributed by atoms with E-state index in [1.807, 2.05) is 19.1 Å². The van der Waals surface area contributed by atoms with Gasteiger partial charge in [-0.05, 0) is 56.5 Å². The van der Waals surface area contributed by atoms with E-state index in [1.165, 1.54) is 4.31 Å². The molecule has 2 aliphatic heterocycles. The van der Waals surface area contributed by atoms with Crippen LogP contribution in [0.2, 0.25) is 0 Å². The highest BCUT2D eigenvalue weighted by Crippen LogP contribution is 2.59. The third-order valence-corrected chi connectivity index (χ3v) is 7.69. The summed E-state index contributed by atoms with van der Waals surface area (Å²) in [6, 6.07) is 12.3. The van der Waals surface area contributed by atoms with Crippen molar-refractivity contribution in [1.29, 1.82) is 0 Å². The summed E-state index contributed by atoms with van der Waals surface area (Å²) in [5.74, 6) is 1.22. The van der Waals surface area contributed by atoms with Crippen LogP contribution < -0.4 is 14.8 Å². The minimum atomic E-state index is -3.27. The number of carbonyl (C=O) groups is 1. The zero-order valence-electron chi connectivity index (χ0n) is 17.2. The highest BCUT2D eigenvalue weighted by Gasteiger charge is 2.43. The number of nitrogens with one attached hydrogen (secondary N) is 1. The van der Waals surface area contributed by atoms with Gasteiger partial charge in [0.1, 0.15) is 0 Å². The van der Waals surface area contributed by atoms with Crippen molar-refractivity contribution in [2.45, 2.75) is 49.8 Å². The molecule has 30 heavy (non-hydrogen) atoms. The number of nitrogens with zero attached hydrogens (tertiary/aromatic N) is 1. The summed E-state index contributed by atoms with van der Waals surface area (Å²) >= 11 is 0. The molecule has 0 aromatic heterocycles. The van der Waals surface area contributed by atoms with Gasteiger partial charge in [-0.25, -0.2) is 4.31 Å². The van der Waals surface area contributed by atoms with Crippen LogP contribution in [0.15, 0.2) is 47.4 Å². The lowest BCUT2D eigenvalue weighted by Gasteiger charge is -2.40. The molecule has 2 atom stereocenters. The highest BCUT2D eigenvalue weighted by atomic mass is 32.3. The maximum absolute atomic E-state index is 12.7. The van der Waals surface area contributed by atoms with E-state index in [4.69, 9.17) is 9.47 Å². The summed E-state index contributed by atoms with van der Waals surface area (Å²) in [5.41, 5.74) is 1.53. The Hall–Kier alpha value is -2.26. The van der Waals surface area contributed by atoms with E-state index in [-0.39, 0.29) is 18.2 Å². The van der Waals surface area contributed by atoms with Gasteiger partial charge in [0.2, 0.25) is 0 Å². The molecule has 162 valence electrons. The van der Waals surface area contributed by atoms with Gasteiger partial charge < -0.3 is 9.47 Å². The van der Waals surface area contributed by atoms with Crippen LogP contribution in [0.3, 0.4) is 0 Å². The Bertz CT molecular complexity index is 921. The van der Waals surface area contributed by atoms with E-state index in [2.05, 4.69) is 11.4 Å². The third kappa shape index (κ3) is 3.76. The van der Waals surface area contributed by atoms with Gasteiger partial charge in [-0.1, -0.05) is 35.0 Å². The number of carbonyl (C=O) groups excluding carboxylic acids is 1. The molecule has 2 unspecified atom stereocenters. The number of aryl methyl sites for hydroxylation is 1. The first-order valence-corrected chi connectivity index (χ1v) is 11.7. The molecule has 0 aliphatic carbocycles. The van der Waals surface area contributed by atoms with Crippen molar-refractivity contribution in [3.05, 3.63) is 53.6 Å². The molecule has 3 N–H and O–H groups in total. The van der Waals surface area contributed by atoms with Crippen molar-refractivity contribution in [3.8, 4) is 11.5 Å². The smallest absolute Gasteiger partial charge is 0.274 e. The standard InChI is InChI=1S/C22H28N2O5S/c1-15(24-22(25)17-9-3-4-11-19(17)30(24,26)27)7-6-14-23-20-13-12-16-8-5-10-18(28-2)21(16)29-20/h3-5,8-11,15,20,23,26-27H,6-7,12-14H2,1-2H3. The Morgan fingerprint density at radius 3 is 2.83 bits per heavy atom. The molecule has 0 radical (unpaired) electrons. The van der Waals surface area contributed by atoms with Gasteiger partial charge in [-0.2, -0.15) is 0 Å². The normalized spacial score (nSPS) is 21.4. The van der Waals surface area contributed by atoms with E-state index < -0.39 is 10.8 Å². The number of para-hydroxylation sites is 1. The van der Waals surface area contributed by atoms with Gasteiger partial charge in [0.05, 0.1) is 23.6 Å². The Balaban J connectivity index is 1.30. The topological polar surface area (TPSA) is 91.3 Å². The molecule has 0 fully saturated rings. The maximum Gasteiger partial charge on any atom is 0.274 e. The lowest BCUT2D eigenvalue weighted by atomic mass is 10.0. The average molecular weight is 433 g/mol. The first-order chi connectivity index (χ1) is 14.4. The summed E-state index contributed by atoms with van der Waals surface area (Å²) in [6.45, 7) is 2.56. The van der Waals surface area contributed by atoms with Gasteiger partial charge >= 0.3 is 0 Å². The van der Waals surface area contributed by atoms with Crippen LogP contribution in [0.25, 0.3) is 0 Å². The quantitative estimate of drug-likeness (QED) is 0.566. The lowest BCUT2D eigenvalue weighted by molar-refractivity contribution is 0.0821. The van der Waals surface area contributed by atoms with Crippen molar-refractivity contribution in [3.63, 3.8) is 0 Å². The van der Waals surface area contributed by atoms with Crippen molar-refractivity contribution < 1.29 is 23.4 Å². The Labute approximate surface area is 178 Å². The Morgan fingerprint density at radius 1 is 1.27 bits per heavy atom. The second-order valence-electron chi connectivity index (χ2n) is 7.68. The molecule has 2 heterocycles. The Kier molecular flexibility index (Phi) is 5.92. The summed E-state index contributed by atoms with van der Waals surface area (Å²) in [4.78, 5) is 13.0. The van der Waals surface area contributed by atoms with Crippen LogP contribution in [0.4, 0.5) is 0 Å². The van der Waals surface area contributed by atoms with Crippen molar-refractivity contribution >= 4 is 16.7 Å². The fourth-order valence-corrected chi connectivity index (χ4v) is 6.00. The largest absolute Gasteiger partial charge is 0.493 e. The molecule has 0 spiro atoms. The summed E-state index contributed by atoms with van der Waals surface area (Å²) < 4.78 is 34.0. The molecule has 2 aliphatic rings. The van der Waals surface area contributed by atoms with Crippen molar-refractivity contribution in [2.24, 2.45) is 0 Å². The first-order valence-electron chi connectivity index (χ1n) is 10.2. The number of methoxy groups -OCH3 is 1. The predicted molar refractivity (Wildman–Crippen MR) is 116 cm³/mol. The van der Waals surface area contributed by atoms with E-state index >= 15 is 0 Å². The molecular formula is C22H28N2O5S. The molecule has 2 aromatic rings. The summed E-state index contributed by atoms with van der Waals surface area (Å²) in [5, 5.41) is 3.41. The molecular weight excluding hydrogens is 404 g/mol. The fraction of sp³-hybridized carbons (Fsp3) is 0.409. The van der Waals surface area contributed by atoms with Crippen molar-refractivity contribution in [1.82, 2.24) is 9.62 Å². The second kappa shape index (κ2) is 8.47. The van der Waals surface area contributed by atoms with Crippen LogP contribution in [0.5, 0.6) is 11.5 Å². The highest BCUT2D eigenvalue weighted by molar-refractivity contribution is 8.23. The molecule has 2 aromatic carbocycles. The number of hydrogen-bond donors (Lipinski definition) is 3. The fourth-order valence-electron chi connectivity index (χ4n) is 4.14. The lowest BCUT2D eigenvalue weighted by Crippen LogP contribution is -2.39. The predicted octanol–water partition coefficient (Wildman–Crippen LogP) is 4.29. The summed E-state index contributed by atoms with van der Waals surface area (Å²) in [6.07, 6.45) is 3.12. The van der Waals surface area contributed by atoms with Crippen LogP contribution in [0.1, 0.15) is 42.1 Å². The number of hydrogen-bond acceptors (Lipinski definition) is 6. The number of rotatable bonds is 7. The number of benzene rings is 2. The van der Waals surface area contributed by atoms with E-state index in [1.54, 1.807) is 31.4 Å². The van der Waals surface area contributed by atoms with Crippen molar-refractivity contribution in [2.75, 3.05) is 13.7 Å².